The molecule has 1 aromatic heterocycles. The monoisotopic (exact) mass is 460 g/mol. The highest BCUT2D eigenvalue weighted by atomic mass is 32.2. The topological polar surface area (TPSA) is 76.1 Å². The van der Waals surface area contributed by atoms with Crippen molar-refractivity contribution in [1.82, 2.24) is 15.5 Å². The molecule has 0 saturated heterocycles. The van der Waals surface area contributed by atoms with Crippen molar-refractivity contribution < 1.29 is 9.53 Å². The summed E-state index contributed by atoms with van der Waals surface area (Å²) in [6.45, 7) is 3.37. The Morgan fingerprint density at radius 1 is 1.07 bits per heavy atom. The van der Waals surface area contributed by atoms with Crippen LogP contribution in [-0.4, -0.2) is 41.3 Å². The molecule has 158 valence electrons. The Bertz CT molecular complexity index is 930. The van der Waals surface area contributed by atoms with Crippen LogP contribution in [0.5, 0.6) is 5.75 Å². The van der Waals surface area contributed by atoms with E-state index in [9.17, 15) is 4.79 Å². The number of amides is 1. The largest absolute Gasteiger partial charge is 0.497 e. The number of hydrogen-bond donors (Lipinski definition) is 2. The van der Waals surface area contributed by atoms with Crippen molar-refractivity contribution in [2.24, 2.45) is 0 Å². The van der Waals surface area contributed by atoms with Gasteiger partial charge in [0.2, 0.25) is 11.0 Å². The zero-order chi connectivity index (χ0) is 21.2. The van der Waals surface area contributed by atoms with Crippen LogP contribution in [0.3, 0.4) is 0 Å². The number of carbonyl (C=O) groups is 1. The minimum atomic E-state index is 0.00690. The highest BCUT2D eigenvalue weighted by molar-refractivity contribution is 8.01. The summed E-state index contributed by atoms with van der Waals surface area (Å²) in [5.74, 6) is 2.02. The van der Waals surface area contributed by atoms with Crippen molar-refractivity contribution >= 4 is 45.9 Å². The van der Waals surface area contributed by atoms with Gasteiger partial charge in [-0.15, -0.1) is 22.0 Å². The summed E-state index contributed by atoms with van der Waals surface area (Å²) in [5, 5.41) is 15.2. The van der Waals surface area contributed by atoms with Crippen LogP contribution in [0.4, 0.5) is 5.13 Å². The molecular weight excluding hydrogens is 436 g/mol. The number of anilines is 1. The maximum Gasteiger partial charge on any atom is 0.230 e. The quantitative estimate of drug-likeness (QED) is 0.323. The summed E-state index contributed by atoms with van der Waals surface area (Å²) in [4.78, 5) is 13.2. The van der Waals surface area contributed by atoms with E-state index in [0.717, 1.165) is 26.5 Å². The smallest absolute Gasteiger partial charge is 0.230 e. The van der Waals surface area contributed by atoms with Crippen LogP contribution >= 0.6 is 34.9 Å². The average Bonchev–Trinajstić information content (AvgIpc) is 3.23. The summed E-state index contributed by atoms with van der Waals surface area (Å²) in [7, 11) is 1.65. The molecule has 2 N–H and O–H groups in total. The molecule has 0 aliphatic heterocycles. The van der Waals surface area contributed by atoms with Crippen LogP contribution in [0.1, 0.15) is 11.1 Å². The summed E-state index contributed by atoms with van der Waals surface area (Å²) in [6.07, 6.45) is 0. The number of aryl methyl sites for hydroxylation is 1. The van der Waals surface area contributed by atoms with Crippen molar-refractivity contribution in [1.29, 1.82) is 0 Å². The minimum Gasteiger partial charge on any atom is -0.497 e. The van der Waals surface area contributed by atoms with Gasteiger partial charge in [-0.25, -0.2) is 0 Å². The maximum atomic E-state index is 12.0. The van der Waals surface area contributed by atoms with Crippen molar-refractivity contribution in [2.45, 2.75) is 22.7 Å². The van der Waals surface area contributed by atoms with E-state index in [1.165, 1.54) is 33.6 Å². The summed E-state index contributed by atoms with van der Waals surface area (Å²) >= 11 is 4.59. The van der Waals surface area contributed by atoms with Crippen molar-refractivity contribution in [3.8, 4) is 5.75 Å². The fourth-order valence-electron chi connectivity index (χ4n) is 2.43. The average molecular weight is 461 g/mol. The number of nitrogens with one attached hydrogen (secondary N) is 2. The van der Waals surface area contributed by atoms with Crippen LogP contribution in [0.15, 0.2) is 57.8 Å². The fraction of sp³-hybridized carbons (Fsp3) is 0.286. The molecule has 0 radical (unpaired) electrons. The second-order valence-electron chi connectivity index (χ2n) is 6.37. The van der Waals surface area contributed by atoms with Gasteiger partial charge in [0.05, 0.1) is 12.9 Å². The number of carbonyl (C=O) groups excluding carboxylic acids is 1. The molecule has 3 rings (SSSR count). The lowest BCUT2D eigenvalue weighted by molar-refractivity contribution is -0.118. The van der Waals surface area contributed by atoms with Gasteiger partial charge in [-0.1, -0.05) is 52.9 Å². The fourth-order valence-corrected chi connectivity index (χ4v) is 4.78. The first kappa shape index (κ1) is 22.5. The molecule has 0 bridgehead atoms. The number of rotatable bonds is 11. The minimum absolute atomic E-state index is 0.00690. The second kappa shape index (κ2) is 11.8. The lowest BCUT2D eigenvalue weighted by Crippen LogP contribution is -2.27. The van der Waals surface area contributed by atoms with Crippen LogP contribution in [0.25, 0.3) is 0 Å². The Morgan fingerprint density at radius 3 is 2.57 bits per heavy atom. The molecule has 1 amide bonds. The Balaban J connectivity index is 1.32. The highest BCUT2D eigenvalue weighted by Gasteiger charge is 2.08. The van der Waals surface area contributed by atoms with Crippen LogP contribution in [-0.2, 0) is 11.3 Å². The van der Waals surface area contributed by atoms with Gasteiger partial charge in [-0.3, -0.25) is 4.79 Å². The third kappa shape index (κ3) is 7.55. The zero-order valence-corrected chi connectivity index (χ0v) is 19.3. The zero-order valence-electron chi connectivity index (χ0n) is 16.9. The van der Waals surface area contributed by atoms with Crippen LogP contribution in [0, 0.1) is 6.92 Å². The van der Waals surface area contributed by atoms with E-state index < -0.39 is 0 Å². The van der Waals surface area contributed by atoms with E-state index in [4.69, 9.17) is 4.74 Å². The number of hydrogen-bond acceptors (Lipinski definition) is 8. The first-order chi connectivity index (χ1) is 14.6. The number of nitrogens with zero attached hydrogens (tertiary/aromatic N) is 2. The van der Waals surface area contributed by atoms with E-state index >= 15 is 0 Å². The summed E-state index contributed by atoms with van der Waals surface area (Å²) in [5.41, 5.74) is 2.38. The predicted molar refractivity (Wildman–Crippen MR) is 126 cm³/mol. The van der Waals surface area contributed by atoms with Gasteiger partial charge in [-0.2, -0.15) is 0 Å². The molecule has 3 aromatic rings. The molecule has 1 heterocycles. The van der Waals surface area contributed by atoms with Gasteiger partial charge in [0.1, 0.15) is 5.75 Å². The molecule has 0 spiro atoms. The summed E-state index contributed by atoms with van der Waals surface area (Å²) in [6, 6.07) is 16.3. The van der Waals surface area contributed by atoms with Crippen molar-refractivity contribution in [3.63, 3.8) is 0 Å². The molecule has 0 aliphatic carbocycles. The van der Waals surface area contributed by atoms with E-state index in [0.29, 0.717) is 18.8 Å². The third-order valence-electron chi connectivity index (χ3n) is 4.05. The molecule has 9 heteroatoms. The van der Waals surface area contributed by atoms with Crippen LogP contribution in [0.2, 0.25) is 0 Å². The molecule has 0 unspecified atom stereocenters. The van der Waals surface area contributed by atoms with E-state index in [-0.39, 0.29) is 5.91 Å². The molecule has 30 heavy (non-hydrogen) atoms. The number of thioether (sulfide) groups is 2. The Morgan fingerprint density at radius 2 is 1.83 bits per heavy atom. The summed E-state index contributed by atoms with van der Waals surface area (Å²) < 4.78 is 5.93. The normalized spacial score (nSPS) is 10.6. The maximum absolute atomic E-state index is 12.0. The molecule has 0 fully saturated rings. The lowest BCUT2D eigenvalue weighted by atomic mass is 10.2. The Kier molecular flexibility index (Phi) is 8.85. The van der Waals surface area contributed by atoms with E-state index in [2.05, 4.69) is 52.0 Å². The second-order valence-corrected chi connectivity index (χ2v) is 9.74. The third-order valence-corrected chi connectivity index (χ3v) is 7.08. The SMILES string of the molecule is COc1ccc(CNc2nnc(SCC(=O)NCCSc3ccc(C)cc3)s2)cc1. The van der Waals surface area contributed by atoms with Gasteiger partial charge < -0.3 is 15.4 Å². The van der Waals surface area contributed by atoms with E-state index in [1.54, 1.807) is 18.9 Å². The molecule has 0 aliphatic rings. The van der Waals surface area contributed by atoms with Crippen molar-refractivity contribution in [3.05, 3.63) is 59.7 Å². The number of aromatic nitrogens is 2. The predicted octanol–water partition coefficient (Wildman–Crippen LogP) is 4.47. The number of benzene rings is 2. The van der Waals surface area contributed by atoms with Crippen molar-refractivity contribution in [2.75, 3.05) is 30.5 Å². The molecule has 0 saturated carbocycles. The molecule has 2 aromatic carbocycles. The van der Waals surface area contributed by atoms with Gasteiger partial charge in [-0.05, 0) is 36.8 Å². The number of methoxy groups -OCH3 is 1. The Labute approximate surface area is 189 Å². The van der Waals surface area contributed by atoms with Crippen LogP contribution < -0.4 is 15.4 Å². The standard InChI is InChI=1S/C21H24N4O2S3/c1-15-3-9-18(10-4-15)28-12-11-22-19(26)14-29-21-25-24-20(30-21)23-13-16-5-7-17(27-2)8-6-16/h3-10H,11-14H2,1-2H3,(H,22,26)(H,23,24). The molecular formula is C21H24N4O2S3. The first-order valence-electron chi connectivity index (χ1n) is 9.41. The van der Waals surface area contributed by atoms with E-state index in [1.807, 2.05) is 24.3 Å². The van der Waals surface area contributed by atoms with Gasteiger partial charge in [0, 0.05) is 23.7 Å². The first-order valence-corrected chi connectivity index (χ1v) is 12.2. The lowest BCUT2D eigenvalue weighted by Gasteiger charge is -2.05. The Hall–Kier alpha value is -2.23. The van der Waals surface area contributed by atoms with Gasteiger partial charge in [0.15, 0.2) is 4.34 Å². The van der Waals surface area contributed by atoms with Gasteiger partial charge in [0.25, 0.3) is 0 Å². The number of ether oxygens (including phenoxy) is 1. The highest BCUT2D eigenvalue weighted by Crippen LogP contribution is 2.25. The van der Waals surface area contributed by atoms with Gasteiger partial charge >= 0.3 is 0 Å². The molecule has 6 nitrogen and oxygen atoms in total. The molecule has 0 atom stereocenters.